The Labute approximate surface area is 79.8 Å². The fourth-order valence-corrected chi connectivity index (χ4v) is 1.42. The van der Waals surface area contributed by atoms with Crippen LogP contribution in [0.15, 0.2) is 11.1 Å². The lowest BCUT2D eigenvalue weighted by molar-refractivity contribution is -0.133. The number of imide groups is 1. The van der Waals surface area contributed by atoms with E-state index in [4.69, 9.17) is 10.8 Å². The minimum atomic E-state index is -1.11. The van der Waals surface area contributed by atoms with E-state index >= 15 is 0 Å². The summed E-state index contributed by atoms with van der Waals surface area (Å²) >= 11 is 0. The lowest BCUT2D eigenvalue weighted by atomic mass is 10.1. The average Bonchev–Trinajstić information content (AvgIpc) is 2.49. The number of carboxylic acid groups (broad SMARTS) is 1. The molecule has 0 aliphatic heterocycles. The number of carboxylic acids is 1. The van der Waals surface area contributed by atoms with Crippen LogP contribution in [-0.4, -0.2) is 23.0 Å². The molecule has 1 aliphatic rings. The third-order valence-electron chi connectivity index (χ3n) is 1.99. The average molecular weight is 198 g/mol. The summed E-state index contributed by atoms with van der Waals surface area (Å²) in [5, 5.41) is 10.6. The van der Waals surface area contributed by atoms with Crippen LogP contribution in [0.1, 0.15) is 19.3 Å². The summed E-state index contributed by atoms with van der Waals surface area (Å²) in [5.41, 5.74) is 4.96. The van der Waals surface area contributed by atoms with E-state index in [2.05, 4.69) is 0 Å². The molecule has 0 atom stereocenters. The van der Waals surface area contributed by atoms with Gasteiger partial charge in [-0.15, -0.1) is 0 Å². The summed E-state index contributed by atoms with van der Waals surface area (Å²) in [7, 11) is 0. The van der Waals surface area contributed by atoms with Gasteiger partial charge in [-0.1, -0.05) is 0 Å². The Morgan fingerprint density at radius 3 is 2.29 bits per heavy atom. The molecule has 76 valence electrons. The second-order valence-corrected chi connectivity index (χ2v) is 2.93. The Balaban J connectivity index is 2.84. The lowest BCUT2D eigenvalue weighted by Crippen LogP contribution is -2.36. The van der Waals surface area contributed by atoms with Crippen molar-refractivity contribution in [1.29, 1.82) is 0 Å². The van der Waals surface area contributed by atoms with Gasteiger partial charge in [0.2, 0.25) is 0 Å². The third-order valence-corrected chi connectivity index (χ3v) is 1.99. The molecule has 0 saturated heterocycles. The van der Waals surface area contributed by atoms with Gasteiger partial charge in [-0.05, 0) is 19.3 Å². The second kappa shape index (κ2) is 3.91. The van der Waals surface area contributed by atoms with E-state index < -0.39 is 17.9 Å². The summed E-state index contributed by atoms with van der Waals surface area (Å²) in [4.78, 5) is 32.2. The van der Waals surface area contributed by atoms with Gasteiger partial charge >= 0.3 is 12.0 Å². The van der Waals surface area contributed by atoms with Crippen LogP contribution in [0.3, 0.4) is 0 Å². The molecule has 0 aromatic heterocycles. The van der Waals surface area contributed by atoms with Crippen molar-refractivity contribution in [1.82, 2.24) is 5.32 Å². The molecule has 6 nitrogen and oxygen atoms in total. The Morgan fingerprint density at radius 2 is 1.79 bits per heavy atom. The van der Waals surface area contributed by atoms with Crippen LogP contribution >= 0.6 is 0 Å². The monoisotopic (exact) mass is 198 g/mol. The van der Waals surface area contributed by atoms with Crippen LogP contribution in [0, 0.1) is 0 Å². The fraction of sp³-hybridized carbons (Fsp3) is 0.375. The van der Waals surface area contributed by atoms with Crippen LogP contribution in [0.2, 0.25) is 0 Å². The topological polar surface area (TPSA) is 109 Å². The van der Waals surface area contributed by atoms with E-state index in [1.54, 1.807) is 0 Å². The standard InChI is InChI=1S/C8H10N2O4/c9-8(14)10-6(11)4-2-1-3-5(4)7(12)13/h1-3H2,(H,12,13)(H3,9,10,11,14). The zero-order valence-electron chi connectivity index (χ0n) is 7.37. The first-order chi connectivity index (χ1) is 6.52. The van der Waals surface area contributed by atoms with Crippen molar-refractivity contribution in [2.24, 2.45) is 5.73 Å². The van der Waals surface area contributed by atoms with Gasteiger partial charge in [-0.2, -0.15) is 0 Å². The number of aliphatic carboxylic acids is 1. The molecule has 1 rings (SSSR count). The first-order valence-electron chi connectivity index (χ1n) is 4.08. The van der Waals surface area contributed by atoms with Crippen molar-refractivity contribution in [2.45, 2.75) is 19.3 Å². The largest absolute Gasteiger partial charge is 0.478 e. The number of carbonyl (C=O) groups is 3. The number of hydrogen-bond donors (Lipinski definition) is 3. The predicted octanol–water partition coefficient (Wildman–Crippen LogP) is -0.254. The van der Waals surface area contributed by atoms with Crippen LogP contribution in [0.25, 0.3) is 0 Å². The zero-order valence-corrected chi connectivity index (χ0v) is 7.37. The number of nitrogens with two attached hydrogens (primary N) is 1. The minimum Gasteiger partial charge on any atom is -0.478 e. The zero-order chi connectivity index (χ0) is 10.7. The van der Waals surface area contributed by atoms with Crippen molar-refractivity contribution in [2.75, 3.05) is 0 Å². The van der Waals surface area contributed by atoms with Crippen LogP contribution in [-0.2, 0) is 9.59 Å². The molecule has 6 heteroatoms. The number of hydrogen-bond acceptors (Lipinski definition) is 3. The Hall–Kier alpha value is -1.85. The van der Waals surface area contributed by atoms with Gasteiger partial charge in [0.15, 0.2) is 0 Å². The maximum atomic E-state index is 11.2. The van der Waals surface area contributed by atoms with Crippen molar-refractivity contribution in [3.05, 3.63) is 11.1 Å². The first-order valence-corrected chi connectivity index (χ1v) is 4.08. The van der Waals surface area contributed by atoms with Gasteiger partial charge < -0.3 is 10.8 Å². The summed E-state index contributed by atoms with van der Waals surface area (Å²) in [6.07, 6.45) is 1.35. The molecule has 0 saturated carbocycles. The highest BCUT2D eigenvalue weighted by Gasteiger charge is 2.25. The number of nitrogens with one attached hydrogen (secondary N) is 1. The Kier molecular flexibility index (Phi) is 2.85. The third kappa shape index (κ3) is 2.09. The number of urea groups is 1. The van der Waals surface area contributed by atoms with Crippen molar-refractivity contribution in [3.8, 4) is 0 Å². The Morgan fingerprint density at radius 1 is 1.21 bits per heavy atom. The van der Waals surface area contributed by atoms with Gasteiger partial charge in [0.25, 0.3) is 5.91 Å². The maximum absolute atomic E-state index is 11.2. The van der Waals surface area contributed by atoms with Gasteiger partial charge in [0.1, 0.15) is 0 Å². The van der Waals surface area contributed by atoms with Crippen LogP contribution < -0.4 is 11.1 Å². The normalized spacial score (nSPS) is 15.4. The highest BCUT2D eigenvalue weighted by Crippen LogP contribution is 2.25. The van der Waals surface area contributed by atoms with Gasteiger partial charge in [0.05, 0.1) is 0 Å². The summed E-state index contributed by atoms with van der Waals surface area (Å²) in [6.45, 7) is 0. The van der Waals surface area contributed by atoms with E-state index in [1.165, 1.54) is 0 Å². The minimum absolute atomic E-state index is 0.0729. The van der Waals surface area contributed by atoms with E-state index in [9.17, 15) is 14.4 Å². The van der Waals surface area contributed by atoms with Gasteiger partial charge in [0, 0.05) is 11.1 Å². The molecule has 14 heavy (non-hydrogen) atoms. The molecule has 4 N–H and O–H groups in total. The number of primary amides is 1. The quantitative estimate of drug-likeness (QED) is 0.568. The van der Waals surface area contributed by atoms with Crippen molar-refractivity contribution < 1.29 is 19.5 Å². The number of rotatable bonds is 2. The molecule has 0 unspecified atom stereocenters. The predicted molar refractivity (Wildman–Crippen MR) is 46.2 cm³/mol. The highest BCUT2D eigenvalue weighted by molar-refractivity contribution is 6.08. The fourth-order valence-electron chi connectivity index (χ4n) is 1.42. The number of amides is 3. The summed E-state index contributed by atoms with van der Waals surface area (Å²) < 4.78 is 0. The van der Waals surface area contributed by atoms with Crippen LogP contribution in [0.4, 0.5) is 4.79 Å². The molecule has 1 aliphatic carbocycles. The van der Waals surface area contributed by atoms with Gasteiger partial charge in [-0.3, -0.25) is 10.1 Å². The van der Waals surface area contributed by atoms with Gasteiger partial charge in [-0.25, -0.2) is 9.59 Å². The molecule has 0 heterocycles. The summed E-state index contributed by atoms with van der Waals surface area (Å²) in [6, 6.07) is -0.973. The Bertz CT molecular complexity index is 332. The van der Waals surface area contributed by atoms with Crippen LogP contribution in [0.5, 0.6) is 0 Å². The van der Waals surface area contributed by atoms with E-state index in [0.717, 1.165) is 0 Å². The molecule has 0 radical (unpaired) electrons. The second-order valence-electron chi connectivity index (χ2n) is 2.93. The molecular formula is C8H10N2O4. The highest BCUT2D eigenvalue weighted by atomic mass is 16.4. The SMILES string of the molecule is NC(=O)NC(=O)C1=C(C(=O)O)CCC1. The first kappa shape index (κ1) is 10.2. The van der Waals surface area contributed by atoms with E-state index in [1.807, 2.05) is 5.32 Å². The maximum Gasteiger partial charge on any atom is 0.332 e. The van der Waals surface area contributed by atoms with E-state index in [-0.39, 0.29) is 11.1 Å². The molecule has 0 aromatic rings. The van der Waals surface area contributed by atoms with E-state index in [0.29, 0.717) is 19.3 Å². The lowest BCUT2D eigenvalue weighted by Gasteiger charge is -2.02. The summed E-state index contributed by atoms with van der Waals surface area (Å²) in [5.74, 6) is -1.82. The molecule has 0 spiro atoms. The molecule has 0 aromatic carbocycles. The number of carbonyl (C=O) groups excluding carboxylic acids is 2. The van der Waals surface area contributed by atoms with Crippen molar-refractivity contribution in [3.63, 3.8) is 0 Å². The molecule has 0 bridgehead atoms. The smallest absolute Gasteiger partial charge is 0.332 e. The van der Waals surface area contributed by atoms with Crippen molar-refractivity contribution >= 4 is 17.9 Å². The molecule has 3 amide bonds. The molecular weight excluding hydrogens is 188 g/mol. The molecule has 0 fully saturated rings.